The van der Waals surface area contributed by atoms with Gasteiger partial charge in [-0.3, -0.25) is 19.0 Å². The van der Waals surface area contributed by atoms with Gasteiger partial charge >= 0.3 is 0 Å². The molecule has 0 spiro atoms. The van der Waals surface area contributed by atoms with E-state index in [2.05, 4.69) is 0 Å². The number of Topliss-reactive ketones (excluding diaryl/α,β-unsaturated/α-hetero) is 1. The van der Waals surface area contributed by atoms with Crippen LogP contribution in [-0.2, 0) is 16.1 Å². The third kappa shape index (κ3) is 4.89. The molecule has 0 atom stereocenters. The molecule has 1 saturated heterocycles. The Bertz CT molecular complexity index is 1020. The summed E-state index contributed by atoms with van der Waals surface area (Å²) in [6.45, 7) is 7.00. The van der Waals surface area contributed by atoms with E-state index < -0.39 is 5.41 Å². The third-order valence-corrected chi connectivity index (χ3v) is 6.53. The molecule has 0 bridgehead atoms. The Morgan fingerprint density at radius 1 is 1.18 bits per heavy atom. The molecular formula is C21H26N2O3S2. The van der Waals surface area contributed by atoms with Gasteiger partial charge in [-0.2, -0.15) is 11.3 Å². The molecule has 0 N–H and O–H groups in total. The first-order valence-corrected chi connectivity index (χ1v) is 11.3. The highest BCUT2D eigenvalue weighted by Gasteiger charge is 2.21. The highest BCUT2D eigenvalue weighted by Crippen LogP contribution is 2.15. The van der Waals surface area contributed by atoms with Crippen molar-refractivity contribution in [3.05, 3.63) is 41.9 Å². The summed E-state index contributed by atoms with van der Waals surface area (Å²) in [5, 5.41) is 3.92. The maximum absolute atomic E-state index is 13.0. The van der Waals surface area contributed by atoms with Crippen LogP contribution in [0, 0.1) is 5.41 Å². The molecule has 0 unspecified atom stereocenters. The highest BCUT2D eigenvalue weighted by molar-refractivity contribution is 7.08. The second-order valence-corrected chi connectivity index (χ2v) is 9.94. The van der Waals surface area contributed by atoms with E-state index in [9.17, 15) is 14.4 Å². The molecule has 2 aromatic heterocycles. The smallest absolute Gasteiger partial charge is 0.269 e. The summed E-state index contributed by atoms with van der Waals surface area (Å²) < 4.78 is 2.54. The van der Waals surface area contributed by atoms with Crippen molar-refractivity contribution in [2.75, 3.05) is 13.1 Å². The van der Waals surface area contributed by atoms with Crippen LogP contribution in [-0.4, -0.2) is 34.2 Å². The van der Waals surface area contributed by atoms with Crippen LogP contribution < -0.4 is 14.8 Å². The standard InChI is InChI=1S/C21H26N2O3S2/c1-21(2,3)17(24)12-19-23(13-18(25)22-8-5-4-6-9-22)20(26)16(28-19)11-15-7-10-27-14-15/h7,10-12,14H,4-6,8-9,13H2,1-3H3/b16-11-,19-12-. The number of carbonyl (C=O) groups excluding carboxylic acids is 2. The first kappa shape index (κ1) is 20.7. The highest BCUT2D eigenvalue weighted by atomic mass is 32.1. The van der Waals surface area contributed by atoms with Crippen LogP contribution in [0.1, 0.15) is 45.6 Å². The average molecular weight is 419 g/mol. The molecular weight excluding hydrogens is 392 g/mol. The number of ketones is 1. The van der Waals surface area contributed by atoms with Crippen LogP contribution in [0.25, 0.3) is 12.2 Å². The fourth-order valence-corrected chi connectivity index (χ4v) is 4.67. The Morgan fingerprint density at radius 2 is 1.89 bits per heavy atom. The van der Waals surface area contributed by atoms with E-state index in [1.54, 1.807) is 11.3 Å². The van der Waals surface area contributed by atoms with Crippen LogP contribution in [0.15, 0.2) is 21.6 Å². The lowest BCUT2D eigenvalue weighted by Crippen LogP contribution is -2.42. The molecule has 1 aliphatic rings. The quantitative estimate of drug-likeness (QED) is 0.765. The van der Waals surface area contributed by atoms with Crippen molar-refractivity contribution in [3.8, 4) is 0 Å². The first-order chi connectivity index (χ1) is 13.3. The van der Waals surface area contributed by atoms with E-state index in [4.69, 9.17) is 0 Å². The van der Waals surface area contributed by atoms with E-state index in [1.807, 2.05) is 48.6 Å². The lowest BCUT2D eigenvalue weighted by Gasteiger charge is -2.26. The Hall–Kier alpha value is -1.99. The molecule has 3 rings (SSSR count). The number of hydrogen-bond acceptors (Lipinski definition) is 5. The topological polar surface area (TPSA) is 59.4 Å². The molecule has 0 aromatic carbocycles. The molecule has 0 aliphatic carbocycles. The lowest BCUT2D eigenvalue weighted by molar-refractivity contribution is -0.132. The van der Waals surface area contributed by atoms with Gasteiger partial charge in [0.2, 0.25) is 5.91 Å². The maximum Gasteiger partial charge on any atom is 0.269 e. The second-order valence-electron chi connectivity index (χ2n) is 8.10. The van der Waals surface area contributed by atoms with Gasteiger partial charge in [0.05, 0.1) is 4.53 Å². The van der Waals surface area contributed by atoms with Crippen molar-refractivity contribution in [2.24, 2.45) is 5.41 Å². The Kier molecular flexibility index (Phi) is 6.35. The summed E-state index contributed by atoms with van der Waals surface area (Å²) in [6, 6.07) is 1.94. The molecule has 1 amide bonds. The van der Waals surface area contributed by atoms with Gasteiger partial charge in [-0.25, -0.2) is 0 Å². The largest absolute Gasteiger partial charge is 0.341 e. The minimum absolute atomic E-state index is 0.0178. The minimum atomic E-state index is -0.543. The van der Waals surface area contributed by atoms with Gasteiger partial charge in [0.15, 0.2) is 5.78 Å². The molecule has 3 heterocycles. The molecule has 1 aliphatic heterocycles. The fourth-order valence-electron chi connectivity index (χ4n) is 3.01. The monoisotopic (exact) mass is 418 g/mol. The van der Waals surface area contributed by atoms with Crippen molar-refractivity contribution >= 4 is 46.5 Å². The number of piperidine rings is 1. The van der Waals surface area contributed by atoms with Gasteiger partial charge in [-0.1, -0.05) is 20.8 Å². The van der Waals surface area contributed by atoms with Crippen LogP contribution in [0.3, 0.4) is 0 Å². The summed E-state index contributed by atoms with van der Waals surface area (Å²) >= 11 is 2.83. The summed E-state index contributed by atoms with van der Waals surface area (Å²) in [5.74, 6) is -0.116. The predicted molar refractivity (Wildman–Crippen MR) is 115 cm³/mol. The third-order valence-electron chi connectivity index (χ3n) is 4.77. The minimum Gasteiger partial charge on any atom is -0.341 e. The van der Waals surface area contributed by atoms with Gasteiger partial charge in [0, 0.05) is 24.6 Å². The molecule has 7 heteroatoms. The Balaban J connectivity index is 2.04. The van der Waals surface area contributed by atoms with Crippen molar-refractivity contribution in [1.29, 1.82) is 0 Å². The maximum atomic E-state index is 13.0. The predicted octanol–water partition coefficient (Wildman–Crippen LogP) is 2.21. The number of amides is 1. The zero-order chi connectivity index (χ0) is 20.3. The van der Waals surface area contributed by atoms with Crippen LogP contribution in [0.5, 0.6) is 0 Å². The van der Waals surface area contributed by atoms with E-state index in [-0.39, 0.29) is 23.8 Å². The van der Waals surface area contributed by atoms with E-state index in [0.717, 1.165) is 37.9 Å². The normalized spacial score (nSPS) is 16.6. The molecule has 2 aromatic rings. The first-order valence-electron chi connectivity index (χ1n) is 9.53. The number of thiazole rings is 1. The zero-order valence-electron chi connectivity index (χ0n) is 16.6. The number of nitrogens with zero attached hydrogens (tertiary/aromatic N) is 2. The van der Waals surface area contributed by atoms with Crippen molar-refractivity contribution in [1.82, 2.24) is 9.47 Å². The number of rotatable bonds is 4. The molecule has 0 saturated carbocycles. The van der Waals surface area contributed by atoms with E-state index in [0.29, 0.717) is 9.20 Å². The molecule has 1 fully saturated rings. The van der Waals surface area contributed by atoms with Crippen LogP contribution in [0.2, 0.25) is 0 Å². The van der Waals surface area contributed by atoms with Gasteiger partial charge in [-0.05, 0) is 47.7 Å². The number of carbonyl (C=O) groups is 2. The van der Waals surface area contributed by atoms with Crippen LogP contribution in [0.4, 0.5) is 0 Å². The van der Waals surface area contributed by atoms with Gasteiger partial charge in [-0.15, -0.1) is 11.3 Å². The number of aromatic nitrogens is 1. The van der Waals surface area contributed by atoms with E-state index in [1.165, 1.54) is 22.0 Å². The van der Waals surface area contributed by atoms with Crippen LogP contribution >= 0.6 is 22.7 Å². The van der Waals surface area contributed by atoms with Gasteiger partial charge < -0.3 is 4.90 Å². The molecule has 5 nitrogen and oxygen atoms in total. The number of thiophene rings is 1. The molecule has 0 radical (unpaired) electrons. The lowest BCUT2D eigenvalue weighted by atomic mass is 9.91. The number of likely N-dealkylation sites (tertiary alicyclic amines) is 1. The summed E-state index contributed by atoms with van der Waals surface area (Å²) in [6.07, 6.45) is 6.48. The summed E-state index contributed by atoms with van der Waals surface area (Å²) in [5.41, 5.74) is 0.194. The van der Waals surface area contributed by atoms with Crippen molar-refractivity contribution in [3.63, 3.8) is 0 Å². The average Bonchev–Trinajstić information content (AvgIpc) is 3.26. The molecule has 150 valence electrons. The van der Waals surface area contributed by atoms with Gasteiger partial charge in [0.1, 0.15) is 11.2 Å². The SMILES string of the molecule is CC(C)(C)C(=O)/C=c1\s/c(=C\c2ccsc2)c(=O)n1CC(=O)N1CCCCC1. The van der Waals surface area contributed by atoms with Crippen molar-refractivity contribution < 1.29 is 9.59 Å². The summed E-state index contributed by atoms with van der Waals surface area (Å²) in [4.78, 5) is 40.1. The Morgan fingerprint density at radius 3 is 2.50 bits per heavy atom. The summed E-state index contributed by atoms with van der Waals surface area (Å²) in [7, 11) is 0. The molecule has 28 heavy (non-hydrogen) atoms. The Labute approximate surface area is 172 Å². The van der Waals surface area contributed by atoms with Gasteiger partial charge in [0.25, 0.3) is 5.56 Å². The number of hydrogen-bond donors (Lipinski definition) is 0. The van der Waals surface area contributed by atoms with Crippen molar-refractivity contribution in [2.45, 2.75) is 46.6 Å². The zero-order valence-corrected chi connectivity index (χ0v) is 18.2. The fraction of sp³-hybridized carbons (Fsp3) is 0.476. The second kappa shape index (κ2) is 8.57. The van der Waals surface area contributed by atoms with E-state index >= 15 is 0 Å².